The van der Waals surface area contributed by atoms with Gasteiger partial charge in [0, 0.05) is 32.1 Å². The molecule has 0 saturated heterocycles. The summed E-state index contributed by atoms with van der Waals surface area (Å²) < 4.78 is 28.2. The zero-order chi connectivity index (χ0) is 17.4. The summed E-state index contributed by atoms with van der Waals surface area (Å²) in [4.78, 5) is 17.7. The molecule has 2 heterocycles. The molecule has 0 atom stereocenters. The van der Waals surface area contributed by atoms with Crippen molar-refractivity contribution >= 4 is 28.5 Å². The predicted octanol–water partition coefficient (Wildman–Crippen LogP) is 3.72. The normalized spacial score (nSPS) is 11.0. The topological polar surface area (TPSA) is 38.1 Å². The van der Waals surface area contributed by atoms with Crippen LogP contribution in [0.15, 0.2) is 36.7 Å². The number of carbonyl (C=O) groups excluding carboxylic acids is 1. The zero-order valence-electron chi connectivity index (χ0n) is 13.1. The van der Waals surface area contributed by atoms with E-state index in [2.05, 4.69) is 4.98 Å². The molecular weight excluding hydrogens is 336 g/mol. The third kappa shape index (κ3) is 2.97. The lowest BCUT2D eigenvalue weighted by Gasteiger charge is -2.11. The van der Waals surface area contributed by atoms with E-state index in [0.29, 0.717) is 27.2 Å². The number of likely N-dealkylation sites (N-methyl/N-ethyl adjacent to an activating group) is 1. The highest BCUT2D eigenvalue weighted by Crippen LogP contribution is 2.29. The first kappa shape index (κ1) is 16.4. The van der Waals surface area contributed by atoms with Crippen LogP contribution in [0.4, 0.5) is 8.78 Å². The molecule has 1 aromatic carbocycles. The van der Waals surface area contributed by atoms with Gasteiger partial charge >= 0.3 is 0 Å². The molecule has 0 spiro atoms. The minimum absolute atomic E-state index is 0.0956. The second-order valence-corrected chi connectivity index (χ2v) is 6.02. The number of hydrogen-bond donors (Lipinski definition) is 0. The van der Waals surface area contributed by atoms with Crippen molar-refractivity contribution in [3.8, 4) is 11.1 Å². The Morgan fingerprint density at radius 1 is 1.21 bits per heavy atom. The van der Waals surface area contributed by atoms with Crippen LogP contribution in [0.2, 0.25) is 5.02 Å². The standard InChI is InChI=1S/C17H14ClF2N3O/c1-22(2)16(24)9-23-8-12(18)17-15(23)6-11(7-21-17)10-3-4-13(19)14(20)5-10/h3-8H,9H2,1-2H3. The summed E-state index contributed by atoms with van der Waals surface area (Å²) in [6.07, 6.45) is 3.18. The van der Waals surface area contributed by atoms with Crippen molar-refractivity contribution in [2.75, 3.05) is 14.1 Å². The van der Waals surface area contributed by atoms with Crippen molar-refractivity contribution in [1.82, 2.24) is 14.5 Å². The Hall–Kier alpha value is -2.47. The summed E-state index contributed by atoms with van der Waals surface area (Å²) in [6.45, 7) is 0.110. The third-order valence-corrected chi connectivity index (χ3v) is 4.01. The molecule has 0 unspecified atom stereocenters. The molecule has 0 aliphatic rings. The van der Waals surface area contributed by atoms with Crippen molar-refractivity contribution in [2.24, 2.45) is 0 Å². The number of fused-ring (bicyclic) bond motifs is 1. The summed E-state index contributed by atoms with van der Waals surface area (Å²) in [6, 6.07) is 5.40. The Morgan fingerprint density at radius 2 is 1.96 bits per heavy atom. The van der Waals surface area contributed by atoms with Gasteiger partial charge in [-0.15, -0.1) is 0 Å². The van der Waals surface area contributed by atoms with Crippen LogP contribution < -0.4 is 0 Å². The SMILES string of the molecule is CN(C)C(=O)Cn1cc(Cl)c2ncc(-c3ccc(F)c(F)c3)cc21. The average Bonchev–Trinajstić information content (AvgIpc) is 2.85. The smallest absolute Gasteiger partial charge is 0.241 e. The van der Waals surface area contributed by atoms with Crippen molar-refractivity contribution in [1.29, 1.82) is 0 Å². The van der Waals surface area contributed by atoms with Crippen molar-refractivity contribution in [3.63, 3.8) is 0 Å². The number of nitrogens with zero attached hydrogens (tertiary/aromatic N) is 3. The van der Waals surface area contributed by atoms with Gasteiger partial charge in [0.1, 0.15) is 12.1 Å². The molecule has 24 heavy (non-hydrogen) atoms. The quantitative estimate of drug-likeness (QED) is 0.722. The second-order valence-electron chi connectivity index (χ2n) is 5.61. The Kier molecular flexibility index (Phi) is 4.24. The lowest BCUT2D eigenvalue weighted by atomic mass is 10.1. The Morgan fingerprint density at radius 3 is 2.62 bits per heavy atom. The van der Waals surface area contributed by atoms with Gasteiger partial charge in [0.05, 0.1) is 10.5 Å². The largest absolute Gasteiger partial charge is 0.347 e. The molecule has 0 aliphatic heterocycles. The summed E-state index contributed by atoms with van der Waals surface area (Å²) >= 11 is 6.17. The van der Waals surface area contributed by atoms with Crippen LogP contribution in [0.5, 0.6) is 0 Å². The fraction of sp³-hybridized carbons (Fsp3) is 0.176. The van der Waals surface area contributed by atoms with E-state index in [1.165, 1.54) is 11.0 Å². The maximum Gasteiger partial charge on any atom is 0.241 e. The van der Waals surface area contributed by atoms with Crippen LogP contribution in [-0.4, -0.2) is 34.5 Å². The molecule has 0 fully saturated rings. The first-order valence-electron chi connectivity index (χ1n) is 7.17. The summed E-state index contributed by atoms with van der Waals surface area (Å²) in [5, 5.41) is 0.424. The van der Waals surface area contributed by atoms with Gasteiger partial charge in [0.25, 0.3) is 0 Å². The molecule has 3 rings (SSSR count). The number of benzene rings is 1. The van der Waals surface area contributed by atoms with Gasteiger partial charge in [-0.1, -0.05) is 17.7 Å². The van der Waals surface area contributed by atoms with Crippen LogP contribution in [0.1, 0.15) is 0 Å². The van der Waals surface area contributed by atoms with Crippen LogP contribution >= 0.6 is 11.6 Å². The molecule has 0 radical (unpaired) electrons. The molecule has 3 aromatic rings. The van der Waals surface area contributed by atoms with Gasteiger partial charge < -0.3 is 9.47 Å². The van der Waals surface area contributed by atoms with Gasteiger partial charge in [0.2, 0.25) is 5.91 Å². The number of amides is 1. The third-order valence-electron chi connectivity index (χ3n) is 3.73. The lowest BCUT2D eigenvalue weighted by molar-refractivity contribution is -0.129. The fourth-order valence-corrected chi connectivity index (χ4v) is 2.64. The summed E-state index contributed by atoms with van der Waals surface area (Å²) in [7, 11) is 3.33. The highest BCUT2D eigenvalue weighted by molar-refractivity contribution is 6.35. The number of halogens is 3. The maximum absolute atomic E-state index is 13.5. The molecule has 124 valence electrons. The van der Waals surface area contributed by atoms with E-state index in [4.69, 9.17) is 11.6 Å². The van der Waals surface area contributed by atoms with E-state index in [1.807, 2.05) is 0 Å². The second kappa shape index (κ2) is 6.20. The average molecular weight is 350 g/mol. The molecular formula is C17H14ClF2N3O. The zero-order valence-corrected chi connectivity index (χ0v) is 13.8. The van der Waals surface area contributed by atoms with E-state index in [9.17, 15) is 13.6 Å². The molecule has 0 aliphatic carbocycles. The van der Waals surface area contributed by atoms with E-state index in [-0.39, 0.29) is 12.5 Å². The van der Waals surface area contributed by atoms with Gasteiger partial charge in [-0.3, -0.25) is 9.78 Å². The number of aromatic nitrogens is 2. The molecule has 0 N–H and O–H groups in total. The Labute approximate surface area is 142 Å². The molecule has 1 amide bonds. The van der Waals surface area contributed by atoms with Crippen molar-refractivity contribution < 1.29 is 13.6 Å². The summed E-state index contributed by atoms with van der Waals surface area (Å²) in [5.41, 5.74) is 2.30. The van der Waals surface area contributed by atoms with E-state index in [0.717, 1.165) is 12.1 Å². The lowest BCUT2D eigenvalue weighted by Crippen LogP contribution is -2.25. The van der Waals surface area contributed by atoms with Gasteiger partial charge in [0.15, 0.2) is 11.6 Å². The fourth-order valence-electron chi connectivity index (χ4n) is 2.38. The first-order valence-corrected chi connectivity index (χ1v) is 7.54. The van der Waals surface area contributed by atoms with Crippen molar-refractivity contribution in [2.45, 2.75) is 6.54 Å². The number of pyridine rings is 1. The maximum atomic E-state index is 13.5. The number of carbonyl (C=O) groups is 1. The Bertz CT molecular complexity index is 937. The Balaban J connectivity index is 2.09. The minimum atomic E-state index is -0.927. The molecule has 4 nitrogen and oxygen atoms in total. The molecule has 2 aromatic heterocycles. The van der Waals surface area contributed by atoms with Gasteiger partial charge in [-0.25, -0.2) is 8.78 Å². The minimum Gasteiger partial charge on any atom is -0.347 e. The first-order chi connectivity index (χ1) is 11.4. The highest BCUT2D eigenvalue weighted by atomic mass is 35.5. The van der Waals surface area contributed by atoms with Gasteiger partial charge in [-0.2, -0.15) is 0 Å². The van der Waals surface area contributed by atoms with Crippen molar-refractivity contribution in [3.05, 3.63) is 53.3 Å². The monoisotopic (exact) mass is 349 g/mol. The van der Waals surface area contributed by atoms with Crippen LogP contribution in [0.25, 0.3) is 22.2 Å². The van der Waals surface area contributed by atoms with E-state index < -0.39 is 11.6 Å². The van der Waals surface area contributed by atoms with Gasteiger partial charge in [-0.05, 0) is 23.8 Å². The highest BCUT2D eigenvalue weighted by Gasteiger charge is 2.14. The van der Waals surface area contributed by atoms with Crippen LogP contribution in [0, 0.1) is 11.6 Å². The van der Waals surface area contributed by atoms with E-state index in [1.54, 1.807) is 37.1 Å². The van der Waals surface area contributed by atoms with E-state index >= 15 is 0 Å². The summed E-state index contributed by atoms with van der Waals surface area (Å²) in [5.74, 6) is -1.93. The molecule has 0 saturated carbocycles. The predicted molar refractivity (Wildman–Crippen MR) is 88.8 cm³/mol. The molecule has 0 bridgehead atoms. The van der Waals surface area contributed by atoms with Crippen LogP contribution in [0.3, 0.4) is 0 Å². The van der Waals surface area contributed by atoms with Crippen LogP contribution in [-0.2, 0) is 11.3 Å². The number of rotatable bonds is 3. The molecule has 7 heteroatoms. The number of hydrogen-bond acceptors (Lipinski definition) is 2.